The van der Waals surface area contributed by atoms with Gasteiger partial charge in [0.15, 0.2) is 4.96 Å². The lowest BCUT2D eigenvalue weighted by molar-refractivity contribution is 0.673. The summed E-state index contributed by atoms with van der Waals surface area (Å²) in [6.07, 6.45) is 3.03. The van der Waals surface area contributed by atoms with Crippen molar-refractivity contribution in [3.05, 3.63) is 81.4 Å². The third-order valence-electron chi connectivity index (χ3n) is 4.27. The highest BCUT2D eigenvalue weighted by Crippen LogP contribution is 2.27. The van der Waals surface area contributed by atoms with Crippen molar-refractivity contribution in [2.75, 3.05) is 6.54 Å². The van der Waals surface area contributed by atoms with E-state index in [0.29, 0.717) is 0 Å². The normalized spacial score (nSPS) is 11.3. The number of nitrogens with one attached hydrogen (secondary N) is 1. The highest BCUT2D eigenvalue weighted by molar-refractivity contribution is 7.15. The molecule has 1 N–H and O–H groups in total. The Morgan fingerprint density at radius 2 is 1.65 bits per heavy atom. The number of halogens is 2. The number of imidazole rings is 1. The van der Waals surface area contributed by atoms with Crippen LogP contribution in [-0.2, 0) is 13.0 Å². The van der Waals surface area contributed by atoms with Gasteiger partial charge in [0.25, 0.3) is 0 Å². The molecule has 4 aromatic rings. The SMILES string of the molecule is Clc1ccc(CCNCc2c(-c3ccc(Cl)cc3)nc3sccn23)cc1. The molecule has 0 unspecified atom stereocenters. The fourth-order valence-electron chi connectivity index (χ4n) is 2.93. The van der Waals surface area contributed by atoms with Gasteiger partial charge in [0.2, 0.25) is 0 Å². The Labute approximate surface area is 166 Å². The predicted octanol–water partition coefficient (Wildman–Crippen LogP) is 5.70. The Morgan fingerprint density at radius 3 is 2.38 bits per heavy atom. The predicted molar refractivity (Wildman–Crippen MR) is 110 cm³/mol. The first-order valence-electron chi connectivity index (χ1n) is 8.36. The van der Waals surface area contributed by atoms with Gasteiger partial charge in [-0.25, -0.2) is 4.98 Å². The van der Waals surface area contributed by atoms with Gasteiger partial charge < -0.3 is 5.32 Å². The van der Waals surface area contributed by atoms with E-state index < -0.39 is 0 Å². The molecular weight excluding hydrogens is 385 g/mol. The fourth-order valence-corrected chi connectivity index (χ4v) is 3.92. The number of thiazole rings is 1. The van der Waals surface area contributed by atoms with Crippen LogP contribution < -0.4 is 5.32 Å². The van der Waals surface area contributed by atoms with E-state index in [2.05, 4.69) is 33.4 Å². The van der Waals surface area contributed by atoms with E-state index in [1.165, 1.54) is 11.3 Å². The van der Waals surface area contributed by atoms with Gasteiger partial charge in [-0.05, 0) is 42.8 Å². The highest BCUT2D eigenvalue weighted by atomic mass is 35.5. The number of hydrogen-bond donors (Lipinski definition) is 1. The van der Waals surface area contributed by atoms with Crippen molar-refractivity contribution in [3.63, 3.8) is 0 Å². The summed E-state index contributed by atoms with van der Waals surface area (Å²) in [7, 11) is 0. The van der Waals surface area contributed by atoms with E-state index in [1.807, 2.05) is 36.4 Å². The zero-order valence-corrected chi connectivity index (χ0v) is 16.3. The molecule has 0 radical (unpaired) electrons. The monoisotopic (exact) mass is 401 g/mol. The van der Waals surface area contributed by atoms with Crippen LogP contribution in [0.4, 0.5) is 0 Å². The van der Waals surface area contributed by atoms with Gasteiger partial charge in [0.1, 0.15) is 0 Å². The molecule has 0 spiro atoms. The minimum atomic E-state index is 0.734. The maximum Gasteiger partial charge on any atom is 0.194 e. The van der Waals surface area contributed by atoms with Gasteiger partial charge in [-0.15, -0.1) is 11.3 Å². The first-order chi connectivity index (χ1) is 12.7. The Morgan fingerprint density at radius 1 is 0.962 bits per heavy atom. The van der Waals surface area contributed by atoms with Crippen LogP contribution >= 0.6 is 34.5 Å². The molecule has 2 aromatic heterocycles. The summed E-state index contributed by atoms with van der Waals surface area (Å²) in [5.41, 5.74) is 4.53. The van der Waals surface area contributed by atoms with E-state index >= 15 is 0 Å². The Kier molecular flexibility index (Phi) is 5.27. The van der Waals surface area contributed by atoms with Crippen LogP contribution in [0, 0.1) is 0 Å². The van der Waals surface area contributed by atoms with Crippen molar-refractivity contribution in [2.45, 2.75) is 13.0 Å². The Bertz CT molecular complexity index is 1000. The smallest absolute Gasteiger partial charge is 0.194 e. The molecule has 132 valence electrons. The van der Waals surface area contributed by atoms with Crippen LogP contribution in [0.3, 0.4) is 0 Å². The molecule has 6 heteroatoms. The maximum absolute atomic E-state index is 6.02. The fraction of sp³-hybridized carbons (Fsp3) is 0.150. The first-order valence-corrected chi connectivity index (χ1v) is 10.00. The zero-order chi connectivity index (χ0) is 17.9. The molecule has 26 heavy (non-hydrogen) atoms. The molecule has 0 aliphatic heterocycles. The number of benzene rings is 2. The number of hydrogen-bond acceptors (Lipinski definition) is 3. The van der Waals surface area contributed by atoms with Crippen molar-refractivity contribution < 1.29 is 0 Å². The van der Waals surface area contributed by atoms with Crippen LogP contribution in [0.5, 0.6) is 0 Å². The summed E-state index contributed by atoms with van der Waals surface area (Å²) in [5.74, 6) is 0. The summed E-state index contributed by atoms with van der Waals surface area (Å²) >= 11 is 13.6. The second kappa shape index (κ2) is 7.80. The summed E-state index contributed by atoms with van der Waals surface area (Å²) in [6, 6.07) is 15.9. The zero-order valence-electron chi connectivity index (χ0n) is 14.0. The molecule has 0 amide bonds. The van der Waals surface area contributed by atoms with Crippen LogP contribution in [0.15, 0.2) is 60.1 Å². The molecule has 0 bridgehead atoms. The lowest BCUT2D eigenvalue weighted by Gasteiger charge is -2.07. The standard InChI is InChI=1S/C20H17Cl2N3S/c21-16-5-1-14(2-6-16)9-10-23-13-18-19(15-3-7-17(22)8-4-15)24-20-25(18)11-12-26-20/h1-8,11-12,23H,9-10,13H2. The largest absolute Gasteiger partial charge is 0.311 e. The Hall–Kier alpha value is -1.85. The summed E-state index contributed by atoms with van der Waals surface area (Å²) in [6.45, 7) is 1.64. The highest BCUT2D eigenvalue weighted by Gasteiger charge is 2.14. The van der Waals surface area contributed by atoms with E-state index in [-0.39, 0.29) is 0 Å². The average molecular weight is 402 g/mol. The van der Waals surface area contributed by atoms with E-state index in [1.54, 1.807) is 11.3 Å². The quantitative estimate of drug-likeness (QED) is 0.419. The van der Waals surface area contributed by atoms with Crippen LogP contribution in [-0.4, -0.2) is 15.9 Å². The van der Waals surface area contributed by atoms with E-state index in [9.17, 15) is 0 Å². The van der Waals surface area contributed by atoms with Crippen LogP contribution in [0.25, 0.3) is 16.2 Å². The topological polar surface area (TPSA) is 29.3 Å². The van der Waals surface area contributed by atoms with Crippen LogP contribution in [0.2, 0.25) is 10.0 Å². The van der Waals surface area contributed by atoms with Crippen molar-refractivity contribution in [3.8, 4) is 11.3 Å². The van der Waals surface area contributed by atoms with Gasteiger partial charge in [0.05, 0.1) is 11.4 Å². The molecule has 3 nitrogen and oxygen atoms in total. The molecule has 0 aliphatic carbocycles. The van der Waals surface area contributed by atoms with Gasteiger partial charge >= 0.3 is 0 Å². The van der Waals surface area contributed by atoms with E-state index in [4.69, 9.17) is 28.2 Å². The maximum atomic E-state index is 6.02. The van der Waals surface area contributed by atoms with Gasteiger partial charge in [0, 0.05) is 33.7 Å². The minimum Gasteiger partial charge on any atom is -0.311 e. The summed E-state index contributed by atoms with van der Waals surface area (Å²) in [5, 5.41) is 7.11. The van der Waals surface area contributed by atoms with Gasteiger partial charge in [-0.3, -0.25) is 4.40 Å². The molecule has 2 aromatic carbocycles. The Balaban J connectivity index is 1.50. The molecule has 0 saturated heterocycles. The van der Waals surface area contributed by atoms with Crippen molar-refractivity contribution in [2.24, 2.45) is 0 Å². The lowest BCUT2D eigenvalue weighted by Crippen LogP contribution is -2.18. The number of nitrogens with zero attached hydrogens (tertiary/aromatic N) is 2. The third kappa shape index (κ3) is 3.79. The first kappa shape index (κ1) is 17.6. The molecule has 4 rings (SSSR count). The number of aromatic nitrogens is 2. The third-order valence-corrected chi connectivity index (χ3v) is 5.54. The molecule has 2 heterocycles. The summed E-state index contributed by atoms with van der Waals surface area (Å²) < 4.78 is 2.16. The molecule has 0 aliphatic rings. The average Bonchev–Trinajstić information content (AvgIpc) is 3.23. The van der Waals surface area contributed by atoms with Gasteiger partial charge in [-0.2, -0.15) is 0 Å². The molecular formula is C20H17Cl2N3S. The second-order valence-corrected chi connectivity index (χ2v) is 7.77. The van der Waals surface area contributed by atoms with Crippen molar-refractivity contribution >= 4 is 39.5 Å². The lowest BCUT2D eigenvalue weighted by atomic mass is 10.1. The minimum absolute atomic E-state index is 0.734. The molecule has 0 fully saturated rings. The van der Waals surface area contributed by atoms with Crippen molar-refractivity contribution in [1.82, 2.24) is 14.7 Å². The van der Waals surface area contributed by atoms with Crippen molar-refractivity contribution in [1.29, 1.82) is 0 Å². The van der Waals surface area contributed by atoms with E-state index in [0.717, 1.165) is 45.8 Å². The van der Waals surface area contributed by atoms with Crippen LogP contribution in [0.1, 0.15) is 11.3 Å². The molecule has 0 atom stereocenters. The summed E-state index contributed by atoms with van der Waals surface area (Å²) in [4.78, 5) is 5.81. The number of rotatable bonds is 6. The van der Waals surface area contributed by atoms with Gasteiger partial charge in [-0.1, -0.05) is 47.5 Å². The number of fused-ring (bicyclic) bond motifs is 1. The molecule has 0 saturated carbocycles. The second-order valence-electron chi connectivity index (χ2n) is 6.02.